The summed E-state index contributed by atoms with van der Waals surface area (Å²) in [6.45, 7) is 1.95. The Labute approximate surface area is 161 Å². The minimum atomic E-state index is -0.231. The lowest BCUT2D eigenvalue weighted by Crippen LogP contribution is -2.12. The molecule has 3 aromatic carbocycles. The summed E-state index contributed by atoms with van der Waals surface area (Å²) in [4.78, 5) is 12.7. The van der Waals surface area contributed by atoms with Gasteiger partial charge in [0.15, 0.2) is 0 Å². The first-order valence-corrected chi connectivity index (χ1v) is 8.67. The lowest BCUT2D eigenvalue weighted by atomic mass is 10.1. The molecule has 7 nitrogen and oxygen atoms in total. The van der Waals surface area contributed by atoms with E-state index in [1.807, 2.05) is 61.5 Å². The second-order valence-corrected chi connectivity index (χ2v) is 6.15. The number of carbonyl (C=O) groups excluding carboxylic acids is 1. The maximum Gasteiger partial charge on any atom is 0.255 e. The van der Waals surface area contributed by atoms with Crippen LogP contribution >= 0.6 is 0 Å². The third-order valence-corrected chi connectivity index (χ3v) is 4.14. The lowest BCUT2D eigenvalue weighted by molar-refractivity contribution is 0.102. The van der Waals surface area contributed by atoms with Gasteiger partial charge in [-0.3, -0.25) is 4.79 Å². The second-order valence-electron chi connectivity index (χ2n) is 6.15. The van der Waals surface area contributed by atoms with Gasteiger partial charge in [-0.25, -0.2) is 4.68 Å². The van der Waals surface area contributed by atoms with Crippen LogP contribution < -0.4 is 10.1 Å². The van der Waals surface area contributed by atoms with Crippen LogP contribution in [0.5, 0.6) is 11.5 Å². The Hall–Kier alpha value is -4.00. The highest BCUT2D eigenvalue weighted by Gasteiger charge is 2.10. The number of hydrogen-bond acceptors (Lipinski definition) is 5. The molecule has 0 atom stereocenters. The number of nitrogens with zero attached hydrogens (tertiary/aromatic N) is 4. The van der Waals surface area contributed by atoms with Crippen molar-refractivity contribution in [2.75, 3.05) is 5.32 Å². The third kappa shape index (κ3) is 3.88. The molecule has 0 fully saturated rings. The number of benzene rings is 3. The van der Waals surface area contributed by atoms with Crippen LogP contribution in [0.25, 0.3) is 5.69 Å². The fourth-order valence-electron chi connectivity index (χ4n) is 2.73. The van der Waals surface area contributed by atoms with Crippen LogP contribution in [0.3, 0.4) is 0 Å². The first-order valence-electron chi connectivity index (χ1n) is 8.67. The topological polar surface area (TPSA) is 81.9 Å². The molecule has 0 saturated carbocycles. The van der Waals surface area contributed by atoms with Crippen LogP contribution in [0, 0.1) is 6.92 Å². The van der Waals surface area contributed by atoms with Gasteiger partial charge < -0.3 is 10.1 Å². The van der Waals surface area contributed by atoms with Crippen molar-refractivity contribution < 1.29 is 9.53 Å². The summed E-state index contributed by atoms with van der Waals surface area (Å²) in [5.74, 6) is 1.08. The summed E-state index contributed by atoms with van der Waals surface area (Å²) in [5, 5.41) is 14.1. The molecule has 138 valence electrons. The molecule has 1 heterocycles. The summed E-state index contributed by atoms with van der Waals surface area (Å²) in [6, 6.07) is 22.0. The molecular formula is C21H17N5O2. The van der Waals surface area contributed by atoms with E-state index in [4.69, 9.17) is 4.74 Å². The average molecular weight is 371 g/mol. The van der Waals surface area contributed by atoms with Crippen LogP contribution in [0.1, 0.15) is 15.9 Å². The smallest absolute Gasteiger partial charge is 0.255 e. The molecule has 1 amide bonds. The largest absolute Gasteiger partial charge is 0.457 e. The SMILES string of the molecule is Cc1ccc(NC(=O)c2cccc(Oc3ccccc3)c2)cc1-n1cnnn1. The van der Waals surface area contributed by atoms with Crippen molar-refractivity contribution >= 4 is 11.6 Å². The monoisotopic (exact) mass is 371 g/mol. The van der Waals surface area contributed by atoms with Crippen LogP contribution in [-0.2, 0) is 0 Å². The summed E-state index contributed by atoms with van der Waals surface area (Å²) in [5.41, 5.74) is 2.93. The van der Waals surface area contributed by atoms with Gasteiger partial charge in [-0.05, 0) is 65.4 Å². The Morgan fingerprint density at radius 2 is 1.79 bits per heavy atom. The van der Waals surface area contributed by atoms with E-state index in [-0.39, 0.29) is 5.91 Å². The molecule has 0 aliphatic carbocycles. The van der Waals surface area contributed by atoms with E-state index in [1.165, 1.54) is 6.33 Å². The van der Waals surface area contributed by atoms with Gasteiger partial charge >= 0.3 is 0 Å². The van der Waals surface area contributed by atoms with Crippen molar-refractivity contribution in [1.29, 1.82) is 0 Å². The lowest BCUT2D eigenvalue weighted by Gasteiger charge is -2.11. The van der Waals surface area contributed by atoms with Crippen molar-refractivity contribution in [2.45, 2.75) is 6.92 Å². The van der Waals surface area contributed by atoms with Crippen LogP contribution in [-0.4, -0.2) is 26.1 Å². The number of aryl methyl sites for hydroxylation is 1. The highest BCUT2D eigenvalue weighted by Crippen LogP contribution is 2.23. The minimum absolute atomic E-state index is 0.231. The fourth-order valence-corrected chi connectivity index (χ4v) is 2.73. The molecule has 0 saturated heterocycles. The van der Waals surface area contributed by atoms with Gasteiger partial charge in [0.05, 0.1) is 5.69 Å². The van der Waals surface area contributed by atoms with Gasteiger partial charge in [-0.2, -0.15) is 0 Å². The van der Waals surface area contributed by atoms with Crippen LogP contribution in [0.4, 0.5) is 5.69 Å². The van der Waals surface area contributed by atoms with E-state index in [9.17, 15) is 4.79 Å². The van der Waals surface area contributed by atoms with E-state index in [1.54, 1.807) is 22.9 Å². The molecule has 28 heavy (non-hydrogen) atoms. The van der Waals surface area contributed by atoms with Gasteiger partial charge in [0.1, 0.15) is 17.8 Å². The van der Waals surface area contributed by atoms with E-state index < -0.39 is 0 Å². The highest BCUT2D eigenvalue weighted by atomic mass is 16.5. The number of nitrogens with one attached hydrogen (secondary N) is 1. The van der Waals surface area contributed by atoms with Gasteiger partial charge in [-0.1, -0.05) is 30.3 Å². The molecular weight excluding hydrogens is 354 g/mol. The molecule has 7 heteroatoms. The summed E-state index contributed by atoms with van der Waals surface area (Å²) in [7, 11) is 0. The molecule has 0 unspecified atom stereocenters. The first kappa shape index (κ1) is 17.4. The number of ether oxygens (including phenoxy) is 1. The number of para-hydroxylation sites is 1. The number of aromatic nitrogens is 4. The Balaban J connectivity index is 1.53. The number of amides is 1. The van der Waals surface area contributed by atoms with E-state index in [0.29, 0.717) is 22.7 Å². The van der Waals surface area contributed by atoms with Crippen molar-refractivity contribution in [1.82, 2.24) is 20.2 Å². The van der Waals surface area contributed by atoms with Crippen molar-refractivity contribution in [2.24, 2.45) is 0 Å². The zero-order chi connectivity index (χ0) is 19.3. The van der Waals surface area contributed by atoms with E-state index in [2.05, 4.69) is 20.8 Å². The molecule has 4 rings (SSSR count). The summed E-state index contributed by atoms with van der Waals surface area (Å²) < 4.78 is 7.35. The van der Waals surface area contributed by atoms with E-state index in [0.717, 1.165) is 11.3 Å². The standard InChI is InChI=1S/C21H17N5O2/c1-15-10-11-17(13-20(15)26-14-22-24-25-26)23-21(27)16-6-5-9-19(12-16)28-18-7-3-2-4-8-18/h2-14H,1H3,(H,23,27). The third-order valence-electron chi connectivity index (χ3n) is 4.14. The molecule has 4 aromatic rings. The maximum absolute atomic E-state index is 12.7. The molecule has 0 spiro atoms. The summed E-state index contributed by atoms with van der Waals surface area (Å²) >= 11 is 0. The quantitative estimate of drug-likeness (QED) is 0.573. The Morgan fingerprint density at radius 1 is 0.964 bits per heavy atom. The Kier molecular flexibility index (Phi) is 4.79. The zero-order valence-electron chi connectivity index (χ0n) is 15.1. The second kappa shape index (κ2) is 7.71. The molecule has 0 aliphatic rings. The van der Waals surface area contributed by atoms with Crippen LogP contribution in [0.2, 0.25) is 0 Å². The molecule has 0 radical (unpaired) electrons. The predicted octanol–water partition coefficient (Wildman–Crippen LogP) is 4.02. The zero-order valence-corrected chi connectivity index (χ0v) is 15.1. The Bertz CT molecular complexity index is 1100. The number of rotatable bonds is 5. The van der Waals surface area contributed by atoms with Gasteiger partial charge in [0, 0.05) is 11.3 Å². The molecule has 0 bridgehead atoms. The number of hydrogen-bond donors (Lipinski definition) is 1. The molecule has 0 aliphatic heterocycles. The average Bonchev–Trinajstić information content (AvgIpc) is 3.25. The first-order chi connectivity index (χ1) is 13.7. The molecule has 1 N–H and O–H groups in total. The highest BCUT2D eigenvalue weighted by molar-refractivity contribution is 6.04. The summed E-state index contributed by atoms with van der Waals surface area (Å²) in [6.07, 6.45) is 1.51. The number of carbonyl (C=O) groups is 1. The maximum atomic E-state index is 12.7. The van der Waals surface area contributed by atoms with Crippen molar-refractivity contribution in [3.8, 4) is 17.2 Å². The number of tetrazole rings is 1. The van der Waals surface area contributed by atoms with Crippen LogP contribution in [0.15, 0.2) is 79.1 Å². The normalized spacial score (nSPS) is 10.5. The van der Waals surface area contributed by atoms with Crippen molar-refractivity contribution in [3.05, 3.63) is 90.3 Å². The fraction of sp³-hybridized carbons (Fsp3) is 0.0476. The van der Waals surface area contributed by atoms with Gasteiger partial charge in [0.2, 0.25) is 0 Å². The predicted molar refractivity (Wildman–Crippen MR) is 105 cm³/mol. The van der Waals surface area contributed by atoms with Gasteiger partial charge in [-0.15, -0.1) is 5.10 Å². The van der Waals surface area contributed by atoms with Gasteiger partial charge in [0.25, 0.3) is 5.91 Å². The minimum Gasteiger partial charge on any atom is -0.457 e. The Morgan fingerprint density at radius 3 is 2.57 bits per heavy atom. The van der Waals surface area contributed by atoms with E-state index >= 15 is 0 Å². The molecule has 1 aromatic heterocycles. The number of anilines is 1. The van der Waals surface area contributed by atoms with Crippen molar-refractivity contribution in [3.63, 3.8) is 0 Å².